The van der Waals surface area contributed by atoms with Crippen LogP contribution >= 0.6 is 0 Å². The summed E-state index contributed by atoms with van der Waals surface area (Å²) in [6.45, 7) is 4.05. The smallest absolute Gasteiger partial charge is 0.0830 e. The summed E-state index contributed by atoms with van der Waals surface area (Å²) in [7, 11) is 3.67. The van der Waals surface area contributed by atoms with Crippen molar-refractivity contribution < 1.29 is 9.47 Å². The average molecular weight is 257 g/mol. The minimum absolute atomic E-state index is 0.0558. The van der Waals surface area contributed by atoms with Crippen LogP contribution in [0.4, 0.5) is 0 Å². The molecule has 0 amide bonds. The molecule has 0 aromatic carbocycles. The van der Waals surface area contributed by atoms with Crippen LogP contribution in [0.25, 0.3) is 0 Å². The molecule has 0 aromatic heterocycles. The van der Waals surface area contributed by atoms with Crippen LogP contribution in [0.3, 0.4) is 0 Å². The Morgan fingerprint density at radius 1 is 1.11 bits per heavy atom. The van der Waals surface area contributed by atoms with E-state index in [0.29, 0.717) is 6.04 Å². The summed E-state index contributed by atoms with van der Waals surface area (Å²) in [5.41, 5.74) is 0.0558. The van der Waals surface area contributed by atoms with Crippen LogP contribution in [-0.2, 0) is 9.47 Å². The van der Waals surface area contributed by atoms with Crippen LogP contribution in [0.1, 0.15) is 58.3 Å². The standard InChI is InChI=1S/C15H31NO2/c1-4-16-14(10-9-13-17-2)15(18-3)11-7-5-6-8-12-15/h14,16H,4-13H2,1-3H3. The largest absolute Gasteiger partial charge is 0.385 e. The van der Waals surface area contributed by atoms with Gasteiger partial charge in [0.15, 0.2) is 0 Å². The molecule has 1 aliphatic carbocycles. The fourth-order valence-corrected chi connectivity index (χ4v) is 3.25. The maximum Gasteiger partial charge on any atom is 0.0830 e. The van der Waals surface area contributed by atoms with Crippen LogP contribution in [0.15, 0.2) is 0 Å². The fraction of sp³-hybridized carbons (Fsp3) is 1.00. The molecule has 0 radical (unpaired) electrons. The van der Waals surface area contributed by atoms with Crippen molar-refractivity contribution in [1.29, 1.82) is 0 Å². The summed E-state index contributed by atoms with van der Waals surface area (Å²) < 4.78 is 11.2. The van der Waals surface area contributed by atoms with Crippen LogP contribution in [0.5, 0.6) is 0 Å². The second kappa shape index (κ2) is 8.89. The number of nitrogens with one attached hydrogen (secondary N) is 1. The lowest BCUT2D eigenvalue weighted by molar-refractivity contribution is -0.0557. The molecule has 1 aliphatic rings. The van der Waals surface area contributed by atoms with Crippen molar-refractivity contribution >= 4 is 0 Å². The average Bonchev–Trinajstić information content (AvgIpc) is 2.64. The summed E-state index contributed by atoms with van der Waals surface area (Å²) in [4.78, 5) is 0. The number of hydrogen-bond donors (Lipinski definition) is 1. The second-order valence-electron chi connectivity index (χ2n) is 5.43. The molecule has 1 saturated carbocycles. The Bertz CT molecular complexity index is 201. The van der Waals surface area contributed by atoms with E-state index in [0.717, 1.165) is 26.0 Å². The molecule has 1 unspecified atom stereocenters. The van der Waals surface area contributed by atoms with E-state index in [9.17, 15) is 0 Å². The molecular weight excluding hydrogens is 226 g/mol. The van der Waals surface area contributed by atoms with Crippen molar-refractivity contribution in [3.63, 3.8) is 0 Å². The van der Waals surface area contributed by atoms with Gasteiger partial charge >= 0.3 is 0 Å². The van der Waals surface area contributed by atoms with Gasteiger partial charge in [-0.25, -0.2) is 0 Å². The van der Waals surface area contributed by atoms with Gasteiger partial charge in [0, 0.05) is 26.9 Å². The topological polar surface area (TPSA) is 30.5 Å². The summed E-state index contributed by atoms with van der Waals surface area (Å²) >= 11 is 0. The van der Waals surface area contributed by atoms with Gasteiger partial charge in [-0.1, -0.05) is 32.6 Å². The molecule has 18 heavy (non-hydrogen) atoms. The van der Waals surface area contributed by atoms with E-state index < -0.39 is 0 Å². The molecule has 1 rings (SSSR count). The normalized spacial score (nSPS) is 21.5. The molecule has 0 saturated heterocycles. The number of ether oxygens (including phenoxy) is 2. The maximum atomic E-state index is 6.00. The van der Waals surface area contributed by atoms with E-state index in [1.807, 2.05) is 7.11 Å². The van der Waals surface area contributed by atoms with E-state index in [1.165, 1.54) is 38.5 Å². The fourth-order valence-electron chi connectivity index (χ4n) is 3.25. The second-order valence-corrected chi connectivity index (χ2v) is 5.43. The third-order valence-corrected chi connectivity index (χ3v) is 4.28. The lowest BCUT2D eigenvalue weighted by Gasteiger charge is -2.40. The molecule has 3 nitrogen and oxygen atoms in total. The van der Waals surface area contributed by atoms with Gasteiger partial charge in [-0.05, 0) is 32.2 Å². The highest BCUT2D eigenvalue weighted by atomic mass is 16.5. The van der Waals surface area contributed by atoms with Crippen LogP contribution in [-0.4, -0.2) is 39.0 Å². The van der Waals surface area contributed by atoms with Gasteiger partial charge in [0.05, 0.1) is 5.60 Å². The van der Waals surface area contributed by atoms with Crippen LogP contribution in [0, 0.1) is 0 Å². The Morgan fingerprint density at radius 2 is 1.78 bits per heavy atom. The quantitative estimate of drug-likeness (QED) is 0.535. The molecule has 0 aromatic rings. The molecule has 1 N–H and O–H groups in total. The summed E-state index contributed by atoms with van der Waals surface area (Å²) in [5, 5.41) is 3.65. The molecule has 1 fully saturated rings. The number of methoxy groups -OCH3 is 2. The predicted molar refractivity (Wildman–Crippen MR) is 76.0 cm³/mol. The summed E-state index contributed by atoms with van der Waals surface area (Å²) in [6.07, 6.45) is 10.0. The van der Waals surface area contributed by atoms with Crippen molar-refractivity contribution in [2.24, 2.45) is 0 Å². The third-order valence-electron chi connectivity index (χ3n) is 4.28. The predicted octanol–water partition coefficient (Wildman–Crippen LogP) is 3.13. The Kier molecular flexibility index (Phi) is 7.87. The van der Waals surface area contributed by atoms with Gasteiger partial charge in [-0.2, -0.15) is 0 Å². The number of rotatable bonds is 8. The Morgan fingerprint density at radius 3 is 2.28 bits per heavy atom. The van der Waals surface area contributed by atoms with Gasteiger partial charge in [0.2, 0.25) is 0 Å². The Labute approximate surface area is 113 Å². The first-order chi connectivity index (χ1) is 8.79. The van der Waals surface area contributed by atoms with Gasteiger partial charge in [0.25, 0.3) is 0 Å². The van der Waals surface area contributed by atoms with Gasteiger partial charge in [-0.15, -0.1) is 0 Å². The molecule has 1 atom stereocenters. The SMILES string of the molecule is CCNC(CCCOC)C1(OC)CCCCCC1. The van der Waals surface area contributed by atoms with E-state index in [-0.39, 0.29) is 5.60 Å². The molecule has 108 valence electrons. The molecule has 0 bridgehead atoms. The number of hydrogen-bond acceptors (Lipinski definition) is 3. The highest BCUT2D eigenvalue weighted by Gasteiger charge is 2.38. The number of likely N-dealkylation sites (N-methyl/N-ethyl adjacent to an activating group) is 1. The summed E-state index contributed by atoms with van der Waals surface area (Å²) in [6, 6.07) is 0.473. The lowest BCUT2D eigenvalue weighted by atomic mass is 9.83. The van der Waals surface area contributed by atoms with Crippen molar-refractivity contribution in [2.45, 2.75) is 69.9 Å². The van der Waals surface area contributed by atoms with Crippen LogP contribution in [0.2, 0.25) is 0 Å². The minimum Gasteiger partial charge on any atom is -0.385 e. The molecule has 0 heterocycles. The molecule has 0 aliphatic heterocycles. The molecule has 0 spiro atoms. The van der Waals surface area contributed by atoms with Crippen LogP contribution < -0.4 is 5.32 Å². The Hall–Kier alpha value is -0.120. The zero-order valence-electron chi connectivity index (χ0n) is 12.5. The van der Waals surface area contributed by atoms with Crippen molar-refractivity contribution in [3.05, 3.63) is 0 Å². The lowest BCUT2D eigenvalue weighted by Crippen LogP contribution is -2.52. The van der Waals surface area contributed by atoms with Gasteiger partial charge < -0.3 is 14.8 Å². The zero-order chi connectivity index (χ0) is 13.3. The first-order valence-electron chi connectivity index (χ1n) is 7.56. The zero-order valence-corrected chi connectivity index (χ0v) is 12.5. The first kappa shape index (κ1) is 15.9. The first-order valence-corrected chi connectivity index (χ1v) is 7.56. The molecule has 3 heteroatoms. The highest BCUT2D eigenvalue weighted by Crippen LogP contribution is 2.34. The monoisotopic (exact) mass is 257 g/mol. The summed E-state index contributed by atoms with van der Waals surface area (Å²) in [5.74, 6) is 0. The third kappa shape index (κ3) is 4.52. The minimum atomic E-state index is 0.0558. The van der Waals surface area contributed by atoms with E-state index >= 15 is 0 Å². The maximum absolute atomic E-state index is 6.00. The molecular formula is C15H31NO2. The highest BCUT2D eigenvalue weighted by molar-refractivity contribution is 4.94. The van der Waals surface area contributed by atoms with E-state index in [1.54, 1.807) is 7.11 Å². The van der Waals surface area contributed by atoms with Crippen molar-refractivity contribution in [1.82, 2.24) is 5.32 Å². The van der Waals surface area contributed by atoms with Crippen molar-refractivity contribution in [3.8, 4) is 0 Å². The van der Waals surface area contributed by atoms with Crippen molar-refractivity contribution in [2.75, 3.05) is 27.4 Å². The van der Waals surface area contributed by atoms with E-state index in [4.69, 9.17) is 9.47 Å². The Balaban J connectivity index is 2.63. The van der Waals surface area contributed by atoms with E-state index in [2.05, 4.69) is 12.2 Å². The van der Waals surface area contributed by atoms with Gasteiger partial charge in [0.1, 0.15) is 0 Å². The van der Waals surface area contributed by atoms with Gasteiger partial charge in [-0.3, -0.25) is 0 Å².